The van der Waals surface area contributed by atoms with Gasteiger partial charge in [0.1, 0.15) is 0 Å². The Labute approximate surface area is 61.6 Å². The van der Waals surface area contributed by atoms with E-state index in [4.69, 9.17) is 5.11 Å². The summed E-state index contributed by atoms with van der Waals surface area (Å²) >= 11 is 0. The van der Waals surface area contributed by atoms with Crippen molar-refractivity contribution in [2.75, 3.05) is 0 Å². The molecule has 0 aromatic carbocycles. The molecule has 0 aliphatic carbocycles. The van der Waals surface area contributed by atoms with Gasteiger partial charge in [0.05, 0.1) is 0 Å². The van der Waals surface area contributed by atoms with Crippen LogP contribution in [0.25, 0.3) is 0 Å². The predicted molar refractivity (Wildman–Crippen MR) is 40.9 cm³/mol. The van der Waals surface area contributed by atoms with E-state index >= 15 is 0 Å². The number of carboxylic acid groups (broad SMARTS) is 1. The minimum absolute atomic E-state index is 0.282. The van der Waals surface area contributed by atoms with E-state index in [2.05, 4.69) is 6.08 Å². The van der Waals surface area contributed by atoms with Gasteiger partial charge < -0.3 is 5.11 Å². The Morgan fingerprint density at radius 1 is 1.50 bits per heavy atom. The summed E-state index contributed by atoms with van der Waals surface area (Å²) in [7, 11) is 0. The van der Waals surface area contributed by atoms with Crippen LogP contribution < -0.4 is 0 Å². The van der Waals surface area contributed by atoms with Gasteiger partial charge in [0, 0.05) is 6.42 Å². The first kappa shape index (κ1) is 9.21. The van der Waals surface area contributed by atoms with Gasteiger partial charge in [-0.3, -0.25) is 4.79 Å². The molecule has 10 heavy (non-hydrogen) atoms. The van der Waals surface area contributed by atoms with Crippen molar-refractivity contribution >= 4 is 5.97 Å². The largest absolute Gasteiger partial charge is 0.481 e. The van der Waals surface area contributed by atoms with E-state index in [0.29, 0.717) is 0 Å². The molecule has 0 bridgehead atoms. The third kappa shape index (κ3) is 7.21. The first-order chi connectivity index (χ1) is 4.63. The van der Waals surface area contributed by atoms with Crippen molar-refractivity contribution in [3.63, 3.8) is 0 Å². The number of carbonyl (C=O) groups is 1. The van der Waals surface area contributed by atoms with Gasteiger partial charge in [-0.25, -0.2) is 0 Å². The minimum atomic E-state index is -0.706. The van der Waals surface area contributed by atoms with Gasteiger partial charge in [-0.05, 0) is 26.7 Å². The van der Waals surface area contributed by atoms with E-state index in [1.807, 2.05) is 13.8 Å². The number of carboxylic acids is 1. The highest BCUT2D eigenvalue weighted by Crippen LogP contribution is 1.99. The van der Waals surface area contributed by atoms with Gasteiger partial charge in [-0.2, -0.15) is 0 Å². The highest BCUT2D eigenvalue weighted by molar-refractivity contribution is 5.66. The van der Waals surface area contributed by atoms with Crippen LogP contribution in [0, 0.1) is 0 Å². The van der Waals surface area contributed by atoms with Crippen LogP contribution in [0.3, 0.4) is 0 Å². The average molecular weight is 142 g/mol. The summed E-state index contributed by atoms with van der Waals surface area (Å²) in [6, 6.07) is 0. The van der Waals surface area contributed by atoms with Crippen molar-refractivity contribution in [3.05, 3.63) is 11.6 Å². The van der Waals surface area contributed by atoms with Crippen molar-refractivity contribution < 1.29 is 9.90 Å². The Hall–Kier alpha value is -0.790. The zero-order chi connectivity index (χ0) is 7.98. The van der Waals surface area contributed by atoms with E-state index < -0.39 is 5.97 Å². The maximum atomic E-state index is 10.0. The fourth-order valence-electron chi connectivity index (χ4n) is 0.644. The molecule has 0 radical (unpaired) electrons. The third-order valence-electron chi connectivity index (χ3n) is 1.15. The zero-order valence-electron chi connectivity index (χ0n) is 6.55. The molecule has 0 saturated carbocycles. The first-order valence-electron chi connectivity index (χ1n) is 3.48. The second-order valence-electron chi connectivity index (χ2n) is 2.57. The molecule has 0 aromatic heterocycles. The van der Waals surface area contributed by atoms with Crippen molar-refractivity contribution in [3.8, 4) is 0 Å². The number of aliphatic carboxylic acids is 1. The molecule has 0 rings (SSSR count). The van der Waals surface area contributed by atoms with Crippen LogP contribution in [0.1, 0.15) is 33.1 Å². The van der Waals surface area contributed by atoms with Gasteiger partial charge in [0.25, 0.3) is 0 Å². The molecule has 0 aromatic rings. The summed E-state index contributed by atoms with van der Waals surface area (Å²) in [6.07, 6.45) is 3.97. The molecule has 0 aliphatic heterocycles. The quantitative estimate of drug-likeness (QED) is 0.482. The molecule has 0 unspecified atom stereocenters. The lowest BCUT2D eigenvalue weighted by molar-refractivity contribution is -0.137. The van der Waals surface area contributed by atoms with Crippen molar-refractivity contribution in [2.45, 2.75) is 33.1 Å². The van der Waals surface area contributed by atoms with Gasteiger partial charge in [0.15, 0.2) is 0 Å². The Balaban J connectivity index is 3.21. The second-order valence-corrected chi connectivity index (χ2v) is 2.57. The lowest BCUT2D eigenvalue weighted by Crippen LogP contribution is -1.92. The molecule has 0 heterocycles. The normalized spacial score (nSPS) is 9.00. The van der Waals surface area contributed by atoms with E-state index in [1.165, 1.54) is 5.57 Å². The summed E-state index contributed by atoms with van der Waals surface area (Å²) in [5, 5.41) is 8.26. The molecule has 0 atom stereocenters. The molecule has 0 fully saturated rings. The lowest BCUT2D eigenvalue weighted by atomic mass is 10.2. The Morgan fingerprint density at radius 3 is 2.50 bits per heavy atom. The number of rotatable bonds is 4. The topological polar surface area (TPSA) is 37.3 Å². The smallest absolute Gasteiger partial charge is 0.303 e. The van der Waals surface area contributed by atoms with E-state index in [1.54, 1.807) is 0 Å². The van der Waals surface area contributed by atoms with Gasteiger partial charge in [-0.15, -0.1) is 0 Å². The summed E-state index contributed by atoms with van der Waals surface area (Å²) < 4.78 is 0. The fraction of sp³-hybridized carbons (Fsp3) is 0.625. The second kappa shape index (κ2) is 5.03. The number of hydrogen-bond donors (Lipinski definition) is 1. The summed E-state index contributed by atoms with van der Waals surface area (Å²) in [4.78, 5) is 10.0. The highest BCUT2D eigenvalue weighted by atomic mass is 16.4. The predicted octanol–water partition coefficient (Wildman–Crippen LogP) is 2.21. The third-order valence-corrected chi connectivity index (χ3v) is 1.15. The molecular formula is C8H14O2. The maximum absolute atomic E-state index is 10.0. The van der Waals surface area contributed by atoms with Gasteiger partial charge >= 0.3 is 5.97 Å². The van der Waals surface area contributed by atoms with Gasteiger partial charge in [-0.1, -0.05) is 11.6 Å². The van der Waals surface area contributed by atoms with Crippen LogP contribution in [0.15, 0.2) is 11.6 Å². The van der Waals surface area contributed by atoms with E-state index in [9.17, 15) is 4.79 Å². The number of unbranched alkanes of at least 4 members (excludes halogenated alkanes) is 1. The number of allylic oxidation sites excluding steroid dienone is 2. The van der Waals surface area contributed by atoms with Crippen LogP contribution in [0.4, 0.5) is 0 Å². The number of hydrogen-bond acceptors (Lipinski definition) is 1. The molecule has 1 N–H and O–H groups in total. The van der Waals surface area contributed by atoms with E-state index in [0.717, 1.165) is 12.8 Å². The molecule has 0 saturated heterocycles. The van der Waals surface area contributed by atoms with Crippen LogP contribution in [-0.4, -0.2) is 11.1 Å². The Bertz CT molecular complexity index is 132. The highest BCUT2D eigenvalue weighted by Gasteiger charge is 1.93. The summed E-state index contributed by atoms with van der Waals surface area (Å²) in [5.74, 6) is -0.706. The first-order valence-corrected chi connectivity index (χ1v) is 3.48. The SMILES string of the molecule is CC(C)=CCCCC(=O)O. The Morgan fingerprint density at radius 2 is 2.10 bits per heavy atom. The van der Waals surface area contributed by atoms with Crippen LogP contribution in [0.5, 0.6) is 0 Å². The zero-order valence-corrected chi connectivity index (χ0v) is 6.55. The lowest BCUT2D eigenvalue weighted by Gasteiger charge is -1.91. The van der Waals surface area contributed by atoms with Crippen molar-refractivity contribution in [2.24, 2.45) is 0 Å². The van der Waals surface area contributed by atoms with Crippen molar-refractivity contribution in [1.29, 1.82) is 0 Å². The standard InChI is InChI=1S/C8H14O2/c1-7(2)5-3-4-6-8(9)10/h5H,3-4,6H2,1-2H3,(H,9,10). The molecular weight excluding hydrogens is 128 g/mol. The molecule has 2 heteroatoms. The van der Waals surface area contributed by atoms with Gasteiger partial charge in [0.2, 0.25) is 0 Å². The molecule has 0 aliphatic rings. The maximum Gasteiger partial charge on any atom is 0.303 e. The Kier molecular flexibility index (Phi) is 4.63. The van der Waals surface area contributed by atoms with Crippen molar-refractivity contribution in [1.82, 2.24) is 0 Å². The molecule has 0 spiro atoms. The summed E-state index contributed by atoms with van der Waals surface area (Å²) in [5.41, 5.74) is 1.25. The van der Waals surface area contributed by atoms with Crippen LogP contribution in [0.2, 0.25) is 0 Å². The summed E-state index contributed by atoms with van der Waals surface area (Å²) in [6.45, 7) is 4.03. The average Bonchev–Trinajstić information content (AvgIpc) is 1.79. The minimum Gasteiger partial charge on any atom is -0.481 e. The molecule has 2 nitrogen and oxygen atoms in total. The van der Waals surface area contributed by atoms with Crippen LogP contribution >= 0.6 is 0 Å². The monoisotopic (exact) mass is 142 g/mol. The molecule has 0 amide bonds. The van der Waals surface area contributed by atoms with Crippen LogP contribution in [-0.2, 0) is 4.79 Å². The van der Waals surface area contributed by atoms with E-state index in [-0.39, 0.29) is 6.42 Å². The molecule has 58 valence electrons. The fourth-order valence-corrected chi connectivity index (χ4v) is 0.644.